The molecular formula is C17H25N3O. The molecule has 2 unspecified atom stereocenters. The van der Waals surface area contributed by atoms with Crippen molar-refractivity contribution in [2.75, 3.05) is 23.3 Å². The van der Waals surface area contributed by atoms with E-state index in [1.54, 1.807) is 4.90 Å². The van der Waals surface area contributed by atoms with Gasteiger partial charge in [0, 0.05) is 30.5 Å². The van der Waals surface area contributed by atoms with Crippen LogP contribution in [0.4, 0.5) is 16.2 Å². The standard InChI is InChI=1S/C17H25N3O/c1-2-13-5-3-6-14(11-13)19-15-7-4-8-16(12-15)20-10-9-18-17(20)21/h4,7-8,12-14,19H,2-3,5-6,9-11H2,1H3,(H,18,21). The summed E-state index contributed by atoms with van der Waals surface area (Å²) in [5.41, 5.74) is 2.12. The summed E-state index contributed by atoms with van der Waals surface area (Å²) in [7, 11) is 0. The Bertz CT molecular complexity index is 503. The summed E-state index contributed by atoms with van der Waals surface area (Å²) < 4.78 is 0. The van der Waals surface area contributed by atoms with E-state index in [-0.39, 0.29) is 6.03 Å². The molecule has 1 aromatic carbocycles. The van der Waals surface area contributed by atoms with Gasteiger partial charge in [-0.25, -0.2) is 4.79 Å². The van der Waals surface area contributed by atoms with Gasteiger partial charge < -0.3 is 10.6 Å². The zero-order valence-corrected chi connectivity index (χ0v) is 12.8. The van der Waals surface area contributed by atoms with Crippen LogP contribution >= 0.6 is 0 Å². The predicted molar refractivity (Wildman–Crippen MR) is 86.8 cm³/mol. The minimum Gasteiger partial charge on any atom is -0.382 e. The molecule has 0 aromatic heterocycles. The Labute approximate surface area is 126 Å². The molecule has 1 saturated carbocycles. The highest BCUT2D eigenvalue weighted by atomic mass is 16.2. The van der Waals surface area contributed by atoms with Crippen molar-refractivity contribution < 1.29 is 4.79 Å². The second-order valence-electron chi connectivity index (χ2n) is 6.22. The van der Waals surface area contributed by atoms with E-state index in [4.69, 9.17) is 0 Å². The summed E-state index contributed by atoms with van der Waals surface area (Å²) in [4.78, 5) is 13.6. The van der Waals surface area contributed by atoms with Gasteiger partial charge in [-0.2, -0.15) is 0 Å². The highest BCUT2D eigenvalue weighted by molar-refractivity contribution is 5.94. The fourth-order valence-corrected chi connectivity index (χ4v) is 3.51. The summed E-state index contributed by atoms with van der Waals surface area (Å²) in [6.07, 6.45) is 6.51. The lowest BCUT2D eigenvalue weighted by atomic mass is 9.84. The van der Waals surface area contributed by atoms with Crippen molar-refractivity contribution in [1.29, 1.82) is 0 Å². The smallest absolute Gasteiger partial charge is 0.321 e. The van der Waals surface area contributed by atoms with Crippen molar-refractivity contribution >= 4 is 17.4 Å². The first-order valence-electron chi connectivity index (χ1n) is 8.18. The average Bonchev–Trinajstić information content (AvgIpc) is 2.94. The van der Waals surface area contributed by atoms with E-state index >= 15 is 0 Å². The molecule has 0 spiro atoms. The van der Waals surface area contributed by atoms with Crippen LogP contribution in [-0.2, 0) is 0 Å². The van der Waals surface area contributed by atoms with Crippen molar-refractivity contribution in [3.8, 4) is 0 Å². The molecule has 1 aliphatic carbocycles. The van der Waals surface area contributed by atoms with E-state index < -0.39 is 0 Å². The van der Waals surface area contributed by atoms with Crippen molar-refractivity contribution in [2.45, 2.75) is 45.1 Å². The highest BCUT2D eigenvalue weighted by Gasteiger charge is 2.23. The van der Waals surface area contributed by atoms with Gasteiger partial charge in [-0.1, -0.05) is 32.3 Å². The van der Waals surface area contributed by atoms with Gasteiger partial charge in [0.1, 0.15) is 0 Å². The van der Waals surface area contributed by atoms with Gasteiger partial charge in [0.15, 0.2) is 0 Å². The molecule has 114 valence electrons. The van der Waals surface area contributed by atoms with E-state index in [2.05, 4.69) is 29.7 Å². The van der Waals surface area contributed by atoms with Crippen LogP contribution in [0, 0.1) is 5.92 Å². The Morgan fingerprint density at radius 2 is 2.29 bits per heavy atom. The third-order valence-corrected chi connectivity index (χ3v) is 4.75. The van der Waals surface area contributed by atoms with Gasteiger partial charge in [0.2, 0.25) is 0 Å². The van der Waals surface area contributed by atoms with E-state index in [1.807, 2.05) is 12.1 Å². The molecule has 2 N–H and O–H groups in total. The molecule has 21 heavy (non-hydrogen) atoms. The minimum absolute atomic E-state index is 0.0101. The third-order valence-electron chi connectivity index (χ3n) is 4.75. The first-order valence-corrected chi connectivity index (χ1v) is 8.18. The van der Waals surface area contributed by atoms with Crippen LogP contribution in [0.1, 0.15) is 39.0 Å². The lowest BCUT2D eigenvalue weighted by Gasteiger charge is -2.30. The van der Waals surface area contributed by atoms with E-state index in [1.165, 1.54) is 32.1 Å². The molecule has 1 heterocycles. The molecule has 1 saturated heterocycles. The molecule has 4 nitrogen and oxygen atoms in total. The number of hydrogen-bond acceptors (Lipinski definition) is 2. The number of amides is 2. The van der Waals surface area contributed by atoms with Crippen LogP contribution in [-0.4, -0.2) is 25.2 Å². The number of nitrogens with one attached hydrogen (secondary N) is 2. The van der Waals surface area contributed by atoms with Crippen LogP contribution in [0.25, 0.3) is 0 Å². The summed E-state index contributed by atoms with van der Waals surface area (Å²) >= 11 is 0. The normalized spacial score (nSPS) is 25.8. The molecule has 0 bridgehead atoms. The lowest BCUT2D eigenvalue weighted by molar-refractivity contribution is 0.252. The molecule has 0 radical (unpaired) electrons. The highest BCUT2D eigenvalue weighted by Crippen LogP contribution is 2.29. The number of carbonyl (C=O) groups is 1. The van der Waals surface area contributed by atoms with Gasteiger partial charge in [0.05, 0.1) is 0 Å². The second kappa shape index (κ2) is 6.37. The Morgan fingerprint density at radius 3 is 3.05 bits per heavy atom. The largest absolute Gasteiger partial charge is 0.382 e. The molecular weight excluding hydrogens is 262 g/mol. The number of rotatable bonds is 4. The third kappa shape index (κ3) is 3.31. The zero-order valence-electron chi connectivity index (χ0n) is 12.8. The number of hydrogen-bond donors (Lipinski definition) is 2. The topological polar surface area (TPSA) is 44.4 Å². The number of carbonyl (C=O) groups excluding carboxylic acids is 1. The van der Waals surface area contributed by atoms with Gasteiger partial charge in [-0.3, -0.25) is 4.90 Å². The van der Waals surface area contributed by atoms with Gasteiger partial charge in [0.25, 0.3) is 0 Å². The van der Waals surface area contributed by atoms with Crippen molar-refractivity contribution in [3.05, 3.63) is 24.3 Å². The fraction of sp³-hybridized carbons (Fsp3) is 0.588. The number of urea groups is 1. The van der Waals surface area contributed by atoms with Crippen LogP contribution in [0.3, 0.4) is 0 Å². The van der Waals surface area contributed by atoms with Gasteiger partial charge >= 0.3 is 6.03 Å². The molecule has 2 aliphatic rings. The van der Waals surface area contributed by atoms with Crippen LogP contribution in [0.5, 0.6) is 0 Å². The molecule has 2 atom stereocenters. The van der Waals surface area contributed by atoms with Crippen LogP contribution < -0.4 is 15.5 Å². The average molecular weight is 287 g/mol. The fourth-order valence-electron chi connectivity index (χ4n) is 3.51. The molecule has 2 fully saturated rings. The first kappa shape index (κ1) is 14.2. The summed E-state index contributed by atoms with van der Waals surface area (Å²) in [5, 5.41) is 6.51. The van der Waals surface area contributed by atoms with E-state index in [9.17, 15) is 4.79 Å². The maximum absolute atomic E-state index is 11.8. The minimum atomic E-state index is 0.0101. The summed E-state index contributed by atoms with van der Waals surface area (Å²) in [6, 6.07) is 8.82. The predicted octanol–water partition coefficient (Wildman–Crippen LogP) is 3.60. The Kier molecular flexibility index (Phi) is 4.32. The Hall–Kier alpha value is -1.71. The molecule has 3 rings (SSSR count). The maximum atomic E-state index is 11.8. The lowest BCUT2D eigenvalue weighted by Crippen LogP contribution is -2.28. The Balaban J connectivity index is 1.67. The van der Waals surface area contributed by atoms with Crippen LogP contribution in [0.15, 0.2) is 24.3 Å². The zero-order chi connectivity index (χ0) is 14.7. The quantitative estimate of drug-likeness (QED) is 0.888. The van der Waals surface area contributed by atoms with E-state index in [0.717, 1.165) is 30.4 Å². The SMILES string of the molecule is CCC1CCCC(Nc2cccc(N3CCNC3=O)c2)C1. The summed E-state index contributed by atoms with van der Waals surface area (Å²) in [5.74, 6) is 0.865. The monoisotopic (exact) mass is 287 g/mol. The van der Waals surface area contributed by atoms with Gasteiger partial charge in [-0.05, 0) is 37.0 Å². The molecule has 1 aliphatic heterocycles. The van der Waals surface area contributed by atoms with E-state index in [0.29, 0.717) is 6.04 Å². The van der Waals surface area contributed by atoms with Crippen molar-refractivity contribution in [1.82, 2.24) is 5.32 Å². The number of nitrogens with zero attached hydrogens (tertiary/aromatic N) is 1. The van der Waals surface area contributed by atoms with Crippen LogP contribution in [0.2, 0.25) is 0 Å². The number of anilines is 2. The van der Waals surface area contributed by atoms with Crippen molar-refractivity contribution in [2.24, 2.45) is 5.92 Å². The number of benzene rings is 1. The molecule has 2 amide bonds. The van der Waals surface area contributed by atoms with Crippen molar-refractivity contribution in [3.63, 3.8) is 0 Å². The molecule has 4 heteroatoms. The second-order valence-corrected chi connectivity index (χ2v) is 6.22. The maximum Gasteiger partial charge on any atom is 0.321 e. The summed E-state index contributed by atoms with van der Waals surface area (Å²) in [6.45, 7) is 3.78. The van der Waals surface area contributed by atoms with Gasteiger partial charge in [-0.15, -0.1) is 0 Å². The first-order chi connectivity index (χ1) is 10.3. The molecule has 1 aromatic rings. The Morgan fingerprint density at radius 1 is 1.38 bits per heavy atom.